The van der Waals surface area contributed by atoms with E-state index in [0.29, 0.717) is 23.1 Å². The predicted octanol–water partition coefficient (Wildman–Crippen LogP) is 1.26. The third-order valence-corrected chi connectivity index (χ3v) is 9.54. The molecule has 0 radical (unpaired) electrons. The normalized spacial score (nSPS) is 36.2. The fraction of sp³-hybridized carbons (Fsp3) is 0.500. The zero-order chi connectivity index (χ0) is 28.9. The van der Waals surface area contributed by atoms with Crippen molar-refractivity contribution >= 4 is 38.5 Å². The molecule has 1 saturated carbocycles. The molecule has 2 aliphatic heterocycles. The van der Waals surface area contributed by atoms with E-state index in [0.717, 1.165) is 0 Å². The Labute approximate surface area is 232 Å². The molecule has 17 nitrogen and oxygen atoms in total. The van der Waals surface area contributed by atoms with E-state index < -0.39 is 52.5 Å². The summed E-state index contributed by atoms with van der Waals surface area (Å²) in [5.41, 5.74) is 12.7. The third kappa shape index (κ3) is 5.78. The van der Waals surface area contributed by atoms with Crippen LogP contribution in [0.25, 0.3) is 11.2 Å². The van der Waals surface area contributed by atoms with Gasteiger partial charge in [0.15, 0.2) is 11.5 Å². The van der Waals surface area contributed by atoms with Crippen LogP contribution in [-0.4, -0.2) is 72.2 Å². The maximum absolute atomic E-state index is 13.0. The maximum atomic E-state index is 13.0. The smallest absolute Gasteiger partial charge is 0.382 e. The van der Waals surface area contributed by atoms with Crippen LogP contribution >= 0.6 is 15.6 Å². The Morgan fingerprint density at radius 2 is 1.78 bits per heavy atom. The number of nitrogens with zero attached hydrogens (tertiary/aromatic N) is 5. The Bertz CT molecular complexity index is 1570. The van der Waals surface area contributed by atoms with Gasteiger partial charge in [0.1, 0.15) is 36.0 Å². The molecule has 220 valence electrons. The second-order valence-corrected chi connectivity index (χ2v) is 12.9. The summed E-state index contributed by atoms with van der Waals surface area (Å²) in [6, 6.07) is 3.24. The molecule has 0 aromatic carbocycles. The highest BCUT2D eigenvalue weighted by Crippen LogP contribution is 2.55. The van der Waals surface area contributed by atoms with E-state index in [9.17, 15) is 23.7 Å². The van der Waals surface area contributed by atoms with Crippen molar-refractivity contribution in [2.45, 2.75) is 37.2 Å². The van der Waals surface area contributed by atoms with E-state index in [1.54, 1.807) is 16.7 Å². The second-order valence-electron chi connectivity index (χ2n) is 10.0. The molecule has 3 aromatic heterocycles. The molecule has 6 rings (SSSR count). The van der Waals surface area contributed by atoms with Crippen molar-refractivity contribution in [1.82, 2.24) is 24.5 Å². The van der Waals surface area contributed by atoms with E-state index in [2.05, 4.69) is 19.9 Å². The van der Waals surface area contributed by atoms with Crippen molar-refractivity contribution < 1.29 is 46.5 Å². The van der Waals surface area contributed by atoms with Crippen molar-refractivity contribution in [3.05, 3.63) is 42.2 Å². The molecule has 2 saturated heterocycles. The highest BCUT2D eigenvalue weighted by molar-refractivity contribution is 7.47. The number of ether oxygens (including phenoxy) is 1. The number of hydrogen-bond acceptors (Lipinski definition) is 13. The largest absolute Gasteiger partial charge is 0.472 e. The third-order valence-electron chi connectivity index (χ3n) is 7.57. The minimum atomic E-state index is -4.61. The summed E-state index contributed by atoms with van der Waals surface area (Å²) >= 11 is 0. The number of nitrogen functional groups attached to an aromatic ring is 1. The number of phosphoric ester groups is 2. The standard InChI is InChI=1S/C22H27N7O10P2/c23-20-19-22(27-9-26-20)29(10-28-19)18-5-16-17(38-18)8-37-40(31,32)36-7-14-12(6-35-41(33,34)39-16)3-13(14)11-1-2-25-15(4-11)21(24)30/h1-2,4,9-10,12-14,16-18H,3,5-8H2,(H2,24,30)(H,31,32)(H,33,34)(H2,23,26,27)/t12-,13+,14-,16+,17-,18-/m1/s1. The molecule has 2 unspecified atom stereocenters. The Morgan fingerprint density at radius 1 is 1.00 bits per heavy atom. The van der Waals surface area contributed by atoms with Gasteiger partial charge in [0.25, 0.3) is 5.91 Å². The molecule has 3 fully saturated rings. The number of carbonyl (C=O) groups is 1. The molecule has 3 aliphatic rings. The van der Waals surface area contributed by atoms with Gasteiger partial charge in [-0.05, 0) is 41.9 Å². The molecule has 41 heavy (non-hydrogen) atoms. The van der Waals surface area contributed by atoms with E-state index >= 15 is 0 Å². The number of carbonyl (C=O) groups excluding carboxylic acids is 1. The Kier molecular flexibility index (Phi) is 7.43. The average molecular weight is 611 g/mol. The molecule has 3 aromatic rings. The van der Waals surface area contributed by atoms with Crippen molar-refractivity contribution in [2.24, 2.45) is 17.6 Å². The first kappa shape index (κ1) is 28.3. The molecule has 0 spiro atoms. The number of fused-ring (bicyclic) bond motifs is 3. The number of anilines is 1. The average Bonchev–Trinajstić information content (AvgIpc) is 3.51. The highest BCUT2D eigenvalue weighted by Gasteiger charge is 2.47. The molecule has 1 amide bonds. The topological polar surface area (TPSA) is 246 Å². The summed E-state index contributed by atoms with van der Waals surface area (Å²) < 4.78 is 54.8. The monoisotopic (exact) mass is 611 g/mol. The molecular formula is C22H27N7O10P2. The lowest BCUT2D eigenvalue weighted by Gasteiger charge is -2.45. The van der Waals surface area contributed by atoms with Gasteiger partial charge >= 0.3 is 15.6 Å². The lowest BCUT2D eigenvalue weighted by molar-refractivity contribution is -0.0438. The zero-order valence-electron chi connectivity index (χ0n) is 21.3. The first-order valence-corrected chi connectivity index (χ1v) is 15.6. The Hall–Kier alpha value is -2.85. The first-order chi connectivity index (χ1) is 19.5. The van der Waals surface area contributed by atoms with E-state index in [1.165, 1.54) is 18.9 Å². The van der Waals surface area contributed by atoms with Crippen LogP contribution in [0.15, 0.2) is 31.0 Å². The number of amides is 1. The summed E-state index contributed by atoms with van der Waals surface area (Å²) in [5.74, 6) is -1.50. The van der Waals surface area contributed by atoms with Gasteiger partial charge in [-0.3, -0.25) is 32.4 Å². The molecule has 8 atom stereocenters. The summed E-state index contributed by atoms with van der Waals surface area (Å²) in [5, 5.41) is 0. The second kappa shape index (κ2) is 10.8. The Morgan fingerprint density at radius 3 is 2.59 bits per heavy atom. The van der Waals surface area contributed by atoms with Crippen molar-refractivity contribution in [1.29, 1.82) is 0 Å². The van der Waals surface area contributed by atoms with Crippen LogP contribution < -0.4 is 11.5 Å². The minimum Gasteiger partial charge on any atom is -0.382 e. The minimum absolute atomic E-state index is 0.0340. The molecule has 1 aliphatic carbocycles. The van der Waals surface area contributed by atoms with Gasteiger partial charge in [0, 0.05) is 12.6 Å². The molecule has 19 heteroatoms. The van der Waals surface area contributed by atoms with Gasteiger partial charge in [-0.1, -0.05) is 0 Å². The number of hydrogen-bond donors (Lipinski definition) is 4. The van der Waals surface area contributed by atoms with Crippen LogP contribution in [0, 0.1) is 11.8 Å². The lowest BCUT2D eigenvalue weighted by atomic mass is 9.63. The zero-order valence-corrected chi connectivity index (χ0v) is 23.1. The number of rotatable bonds is 3. The van der Waals surface area contributed by atoms with Gasteiger partial charge < -0.3 is 26.0 Å². The van der Waals surface area contributed by atoms with Crippen LogP contribution in [0.1, 0.15) is 41.0 Å². The van der Waals surface area contributed by atoms with Crippen LogP contribution in [0.4, 0.5) is 5.82 Å². The summed E-state index contributed by atoms with van der Waals surface area (Å²) in [6.07, 6.45) is 1.72. The van der Waals surface area contributed by atoms with Crippen molar-refractivity contribution in [3.8, 4) is 0 Å². The number of pyridine rings is 1. The van der Waals surface area contributed by atoms with Gasteiger partial charge in [0.05, 0.1) is 26.1 Å². The predicted molar refractivity (Wildman–Crippen MR) is 138 cm³/mol. The van der Waals surface area contributed by atoms with E-state index in [-0.39, 0.29) is 43.0 Å². The fourth-order valence-electron chi connectivity index (χ4n) is 5.44. The van der Waals surface area contributed by atoms with E-state index in [1.807, 2.05) is 0 Å². The number of primary amides is 1. The van der Waals surface area contributed by atoms with Crippen molar-refractivity contribution in [2.75, 3.05) is 25.6 Å². The van der Waals surface area contributed by atoms with Gasteiger partial charge in [-0.25, -0.2) is 24.1 Å². The first-order valence-electron chi connectivity index (χ1n) is 12.6. The lowest BCUT2D eigenvalue weighted by Crippen LogP contribution is -2.40. The molecule has 0 bridgehead atoms. The van der Waals surface area contributed by atoms with Gasteiger partial charge in [-0.15, -0.1) is 0 Å². The van der Waals surface area contributed by atoms with Gasteiger partial charge in [-0.2, -0.15) is 0 Å². The fourth-order valence-corrected chi connectivity index (χ4v) is 7.21. The van der Waals surface area contributed by atoms with Crippen molar-refractivity contribution in [3.63, 3.8) is 0 Å². The number of imidazole rings is 1. The van der Waals surface area contributed by atoms with Crippen LogP contribution in [0.3, 0.4) is 0 Å². The Balaban J connectivity index is 1.21. The number of phosphoric acid groups is 2. The summed E-state index contributed by atoms with van der Waals surface area (Å²) in [7, 11) is -9.19. The maximum Gasteiger partial charge on any atom is 0.472 e. The quantitative estimate of drug-likeness (QED) is 0.304. The summed E-state index contributed by atoms with van der Waals surface area (Å²) in [6.45, 7) is -0.910. The van der Waals surface area contributed by atoms with Crippen LogP contribution in [0.5, 0.6) is 0 Å². The van der Waals surface area contributed by atoms with Crippen LogP contribution in [0.2, 0.25) is 0 Å². The molecule has 6 N–H and O–H groups in total. The highest BCUT2D eigenvalue weighted by atomic mass is 31.2. The SMILES string of the molecule is NC(=O)c1cc([C@@H]2C[C@@H]3COP(=O)(O)O[C@H]4C[C@H](n5cnc6c(N)ncnc65)O[C@@H]4COP(=O)(O)OC[C@H]32)ccn1. The molecule has 5 heterocycles. The number of nitrogens with two attached hydrogens (primary N) is 2. The molecular weight excluding hydrogens is 584 g/mol. The van der Waals surface area contributed by atoms with E-state index in [4.69, 9.17) is 34.3 Å². The number of aromatic nitrogens is 5. The summed E-state index contributed by atoms with van der Waals surface area (Å²) in [4.78, 5) is 48.8. The van der Waals surface area contributed by atoms with Crippen LogP contribution in [-0.2, 0) is 32.0 Å². The van der Waals surface area contributed by atoms with Gasteiger partial charge in [0.2, 0.25) is 0 Å².